The van der Waals surface area contributed by atoms with E-state index in [2.05, 4.69) is 0 Å². The summed E-state index contributed by atoms with van der Waals surface area (Å²) in [5, 5.41) is -5.20. The lowest BCUT2D eigenvalue weighted by Crippen LogP contribution is -2.59. The van der Waals surface area contributed by atoms with Gasteiger partial charge in [0.2, 0.25) is 10.0 Å². The number of alkyl halides is 2. The maximum atomic E-state index is 15.2. The van der Waals surface area contributed by atoms with Crippen LogP contribution in [0.2, 0.25) is 0 Å². The summed E-state index contributed by atoms with van der Waals surface area (Å²) in [6.45, 7) is 7.52. The van der Waals surface area contributed by atoms with Gasteiger partial charge in [-0.2, -0.15) is 8.78 Å². The zero-order valence-electron chi connectivity index (χ0n) is 21.9. The molecule has 1 aliphatic rings. The molecule has 1 fully saturated rings. The van der Waals surface area contributed by atoms with Gasteiger partial charge >= 0.3 is 33.1 Å². The first kappa shape index (κ1) is 32.2. The van der Waals surface area contributed by atoms with Crippen LogP contribution in [-0.2, 0) is 43.9 Å². The Morgan fingerprint density at radius 1 is 0.806 bits per heavy atom. The van der Waals surface area contributed by atoms with Crippen LogP contribution in [0, 0.1) is 5.41 Å². The van der Waals surface area contributed by atoms with E-state index in [-0.39, 0.29) is 13.1 Å². The van der Waals surface area contributed by atoms with Gasteiger partial charge < -0.3 is 14.4 Å². The summed E-state index contributed by atoms with van der Waals surface area (Å²) in [6, 6.07) is 0. The maximum absolute atomic E-state index is 15.2. The average Bonchev–Trinajstić information content (AvgIpc) is 2.68. The minimum absolute atomic E-state index is 0.129. The Hall–Kier alpha value is -1.87. The molecule has 1 saturated heterocycles. The second-order valence-electron chi connectivity index (χ2n) is 10.9. The van der Waals surface area contributed by atoms with E-state index < -0.39 is 70.0 Å². The SMILES string of the molecule is CC(C)(C)OC(=O)C(C)(CN(S(C)(=O)=O)S(=O)(=O)C(F)(F)C(=O)N1CCCCC1)C(=O)OC(C)(C)C. The monoisotopic (exact) mass is 562 g/mol. The number of esters is 2. The van der Waals surface area contributed by atoms with Gasteiger partial charge in [0, 0.05) is 13.1 Å². The van der Waals surface area contributed by atoms with Crippen LogP contribution >= 0.6 is 0 Å². The van der Waals surface area contributed by atoms with E-state index in [4.69, 9.17) is 9.47 Å². The molecule has 0 aromatic carbocycles. The van der Waals surface area contributed by atoms with Crippen molar-refractivity contribution in [3.63, 3.8) is 0 Å². The molecule has 0 unspecified atom stereocenters. The van der Waals surface area contributed by atoms with Crippen molar-refractivity contribution in [2.24, 2.45) is 5.41 Å². The van der Waals surface area contributed by atoms with E-state index in [9.17, 15) is 31.2 Å². The third-order valence-corrected chi connectivity index (χ3v) is 8.76. The van der Waals surface area contributed by atoms with E-state index in [1.165, 1.54) is 41.5 Å². The van der Waals surface area contributed by atoms with Crippen molar-refractivity contribution in [2.45, 2.75) is 84.2 Å². The molecule has 0 atom stereocenters. The van der Waals surface area contributed by atoms with Gasteiger partial charge in [-0.25, -0.2) is 16.8 Å². The van der Waals surface area contributed by atoms with Crippen molar-refractivity contribution >= 4 is 37.9 Å². The highest BCUT2D eigenvalue weighted by atomic mass is 32.3. The predicted molar refractivity (Wildman–Crippen MR) is 126 cm³/mol. The Kier molecular flexibility index (Phi) is 9.36. The number of sulfonamides is 2. The molecule has 0 aromatic heterocycles. The van der Waals surface area contributed by atoms with Gasteiger partial charge in [-0.1, -0.05) is 3.71 Å². The summed E-state index contributed by atoms with van der Waals surface area (Å²) in [6.07, 6.45) is 1.69. The molecule has 1 aliphatic heterocycles. The Morgan fingerprint density at radius 2 is 1.19 bits per heavy atom. The van der Waals surface area contributed by atoms with Crippen molar-refractivity contribution < 1.29 is 49.5 Å². The first-order chi connectivity index (χ1) is 15.9. The average molecular weight is 563 g/mol. The number of ether oxygens (including phenoxy) is 2. The molecule has 36 heavy (non-hydrogen) atoms. The fourth-order valence-electron chi connectivity index (χ4n) is 3.15. The number of piperidine rings is 1. The Morgan fingerprint density at radius 3 is 1.53 bits per heavy atom. The largest absolute Gasteiger partial charge is 0.459 e. The zero-order valence-corrected chi connectivity index (χ0v) is 23.5. The van der Waals surface area contributed by atoms with E-state index in [0.29, 0.717) is 30.4 Å². The number of rotatable bonds is 8. The van der Waals surface area contributed by atoms with Crippen LogP contribution in [0.1, 0.15) is 67.7 Å². The second-order valence-corrected chi connectivity index (χ2v) is 14.9. The summed E-state index contributed by atoms with van der Waals surface area (Å²) < 4.78 is 91.0. The lowest BCUT2D eigenvalue weighted by atomic mass is 9.90. The molecule has 0 spiro atoms. The summed E-state index contributed by atoms with van der Waals surface area (Å²) in [7, 11) is -11.4. The lowest BCUT2D eigenvalue weighted by molar-refractivity contribution is -0.183. The molecular formula is C21H36F2N2O9S2. The van der Waals surface area contributed by atoms with Crippen molar-refractivity contribution in [1.82, 2.24) is 8.61 Å². The molecule has 15 heteroatoms. The first-order valence-electron chi connectivity index (χ1n) is 11.2. The molecule has 0 N–H and O–H groups in total. The number of halogens is 2. The summed E-state index contributed by atoms with van der Waals surface area (Å²) in [5.74, 6) is -4.90. The van der Waals surface area contributed by atoms with Crippen molar-refractivity contribution in [1.29, 1.82) is 0 Å². The maximum Gasteiger partial charge on any atom is 0.436 e. The number of likely N-dealkylation sites (tertiary alicyclic amines) is 1. The standard InChI is InChI=1S/C21H36F2N2O9S2/c1-18(2,3)33-16(27)20(7,17(28)34-19(4,5)6)14-25(35(8,29)30)36(31,32)21(22,23)15(26)24-12-10-9-11-13-24/h9-14H2,1-8H3. The van der Waals surface area contributed by atoms with Crippen LogP contribution in [0.3, 0.4) is 0 Å². The molecule has 0 aromatic rings. The predicted octanol–water partition coefficient (Wildman–Crippen LogP) is 1.87. The van der Waals surface area contributed by atoms with Crippen LogP contribution in [0.25, 0.3) is 0 Å². The van der Waals surface area contributed by atoms with Crippen LogP contribution in [0.5, 0.6) is 0 Å². The highest BCUT2D eigenvalue weighted by Gasteiger charge is 2.62. The summed E-state index contributed by atoms with van der Waals surface area (Å²) >= 11 is 0. The minimum atomic E-state index is -6.29. The first-order valence-corrected chi connectivity index (χ1v) is 14.5. The number of nitrogens with zero attached hydrogens (tertiary/aromatic N) is 2. The number of amides is 1. The Labute approximate surface area is 211 Å². The van der Waals surface area contributed by atoms with Crippen LogP contribution in [0.15, 0.2) is 0 Å². The van der Waals surface area contributed by atoms with Gasteiger partial charge in [0.15, 0.2) is 5.41 Å². The molecule has 0 aliphatic carbocycles. The Balaban J connectivity index is 3.64. The fourth-order valence-corrected chi connectivity index (χ4v) is 6.39. The quantitative estimate of drug-likeness (QED) is 0.320. The van der Waals surface area contributed by atoms with Crippen LogP contribution < -0.4 is 0 Å². The molecule has 1 heterocycles. The Bertz CT molecular complexity index is 1040. The molecule has 11 nitrogen and oxygen atoms in total. The zero-order chi connectivity index (χ0) is 28.5. The smallest absolute Gasteiger partial charge is 0.436 e. The fraction of sp³-hybridized carbons (Fsp3) is 0.857. The van der Waals surface area contributed by atoms with Gasteiger partial charge in [0.25, 0.3) is 0 Å². The van der Waals surface area contributed by atoms with E-state index in [1.54, 1.807) is 0 Å². The van der Waals surface area contributed by atoms with E-state index in [1.807, 2.05) is 0 Å². The molecule has 0 saturated carbocycles. The molecule has 1 rings (SSSR count). The number of hydrogen-bond donors (Lipinski definition) is 0. The van der Waals surface area contributed by atoms with Gasteiger partial charge in [0.05, 0.1) is 12.8 Å². The molecule has 1 amide bonds. The third kappa shape index (κ3) is 7.57. The summed E-state index contributed by atoms with van der Waals surface area (Å²) in [4.78, 5) is 39.2. The van der Waals surface area contributed by atoms with Gasteiger partial charge in [-0.3, -0.25) is 14.4 Å². The third-order valence-electron chi connectivity index (χ3n) is 5.00. The van der Waals surface area contributed by atoms with Gasteiger partial charge in [0.1, 0.15) is 11.2 Å². The summed E-state index contributed by atoms with van der Waals surface area (Å²) in [5.41, 5.74) is -5.13. The molecular weight excluding hydrogens is 526 g/mol. The van der Waals surface area contributed by atoms with E-state index in [0.717, 1.165) is 6.92 Å². The normalized spacial score (nSPS) is 16.6. The molecule has 210 valence electrons. The lowest BCUT2D eigenvalue weighted by Gasteiger charge is -2.36. The van der Waals surface area contributed by atoms with Gasteiger partial charge in [-0.15, -0.1) is 0 Å². The molecule has 0 bridgehead atoms. The highest BCUT2D eigenvalue weighted by Crippen LogP contribution is 2.35. The number of hydrogen-bond acceptors (Lipinski definition) is 9. The van der Waals surface area contributed by atoms with Crippen molar-refractivity contribution in [3.8, 4) is 0 Å². The van der Waals surface area contributed by atoms with Crippen molar-refractivity contribution in [3.05, 3.63) is 0 Å². The van der Waals surface area contributed by atoms with Crippen LogP contribution in [-0.4, -0.2) is 85.6 Å². The number of carbonyl (C=O) groups is 3. The topological polar surface area (TPSA) is 144 Å². The molecule has 0 radical (unpaired) electrons. The highest BCUT2D eigenvalue weighted by molar-refractivity contribution is 8.04. The number of carbonyl (C=O) groups excluding carboxylic acids is 3. The second kappa shape index (κ2) is 10.5. The van der Waals surface area contributed by atoms with E-state index >= 15 is 8.78 Å². The van der Waals surface area contributed by atoms with Crippen molar-refractivity contribution in [2.75, 3.05) is 25.9 Å². The van der Waals surface area contributed by atoms with Crippen LogP contribution in [0.4, 0.5) is 8.78 Å². The minimum Gasteiger partial charge on any atom is -0.459 e. The van der Waals surface area contributed by atoms with Gasteiger partial charge in [-0.05, 0) is 67.7 Å².